The number of benzene rings is 3. The highest BCUT2D eigenvalue weighted by Gasteiger charge is 2.35. The molecule has 1 aliphatic rings. The first kappa shape index (κ1) is 20.8. The molecule has 1 aliphatic heterocycles. The minimum Gasteiger partial charge on any atom is -0.481 e. The highest BCUT2D eigenvalue weighted by molar-refractivity contribution is 6.31. The van der Waals surface area contributed by atoms with Crippen LogP contribution in [0.25, 0.3) is 0 Å². The smallest absolute Gasteiger partial charge is 0.344 e. The third-order valence-electron chi connectivity index (χ3n) is 4.88. The first-order valence-corrected chi connectivity index (χ1v) is 10.3. The molecule has 31 heavy (non-hydrogen) atoms. The van der Waals surface area contributed by atoms with Gasteiger partial charge in [-0.25, -0.2) is 4.79 Å². The van der Waals surface area contributed by atoms with E-state index in [9.17, 15) is 9.59 Å². The van der Waals surface area contributed by atoms with E-state index >= 15 is 0 Å². The Morgan fingerprint density at radius 2 is 1.84 bits per heavy atom. The Balaban J connectivity index is 1.77. The van der Waals surface area contributed by atoms with E-state index in [1.54, 1.807) is 42.2 Å². The Hall–Kier alpha value is -3.51. The van der Waals surface area contributed by atoms with Gasteiger partial charge in [0.15, 0.2) is 6.61 Å². The maximum absolute atomic E-state index is 13.5. The van der Waals surface area contributed by atoms with Gasteiger partial charge in [0.25, 0.3) is 5.91 Å². The summed E-state index contributed by atoms with van der Waals surface area (Å²) in [5.41, 5.74) is 2.62. The van der Waals surface area contributed by atoms with Crippen molar-refractivity contribution in [3.8, 4) is 5.75 Å². The molecule has 0 fully saturated rings. The van der Waals surface area contributed by atoms with E-state index in [1.807, 2.05) is 42.5 Å². The molecule has 0 saturated carbocycles. The average Bonchev–Trinajstić information content (AvgIpc) is 2.78. The molecule has 1 heterocycles. The van der Waals surface area contributed by atoms with Gasteiger partial charge in [0, 0.05) is 22.0 Å². The highest BCUT2D eigenvalue weighted by atomic mass is 35.5. The molecule has 4 rings (SSSR count). The van der Waals surface area contributed by atoms with Crippen molar-refractivity contribution in [2.24, 2.45) is 0 Å². The molecule has 3 aromatic carbocycles. The number of para-hydroxylation sites is 2. The second kappa shape index (κ2) is 9.10. The molecule has 3 aromatic rings. The van der Waals surface area contributed by atoms with Gasteiger partial charge < -0.3 is 14.8 Å². The summed E-state index contributed by atoms with van der Waals surface area (Å²) in [5, 5.41) is 3.95. The Morgan fingerprint density at radius 3 is 2.65 bits per heavy atom. The molecule has 0 aliphatic carbocycles. The number of nitrogens with one attached hydrogen (secondary N) is 1. The fourth-order valence-electron chi connectivity index (χ4n) is 3.54. The number of hydrogen-bond acceptors (Lipinski definition) is 5. The van der Waals surface area contributed by atoms with Gasteiger partial charge in [-0.2, -0.15) is 0 Å². The largest absolute Gasteiger partial charge is 0.481 e. The van der Waals surface area contributed by atoms with Crippen LogP contribution < -0.4 is 15.0 Å². The van der Waals surface area contributed by atoms with Gasteiger partial charge in [-0.15, -0.1) is 0 Å². The molecule has 1 amide bonds. The van der Waals surface area contributed by atoms with E-state index < -0.39 is 12.1 Å². The van der Waals surface area contributed by atoms with E-state index in [2.05, 4.69) is 5.32 Å². The Bertz CT molecular complexity index is 1120. The first-order chi connectivity index (χ1) is 15.1. The molecule has 0 radical (unpaired) electrons. The molecule has 0 unspecified atom stereocenters. The van der Waals surface area contributed by atoms with Crippen molar-refractivity contribution in [1.29, 1.82) is 0 Å². The maximum Gasteiger partial charge on any atom is 0.344 e. The third-order valence-corrected chi connectivity index (χ3v) is 5.11. The van der Waals surface area contributed by atoms with Crippen molar-refractivity contribution in [3.63, 3.8) is 0 Å². The number of amides is 1. The van der Waals surface area contributed by atoms with Crippen LogP contribution in [0.15, 0.2) is 72.8 Å². The summed E-state index contributed by atoms with van der Waals surface area (Å²) in [6, 6.07) is 21.7. The third kappa shape index (κ3) is 4.34. The summed E-state index contributed by atoms with van der Waals surface area (Å²) in [6.07, 6.45) is -0.570. The average molecular weight is 437 g/mol. The van der Waals surface area contributed by atoms with Crippen LogP contribution in [0.2, 0.25) is 5.02 Å². The van der Waals surface area contributed by atoms with Crippen LogP contribution in [0.5, 0.6) is 5.75 Å². The van der Waals surface area contributed by atoms with E-state index in [1.165, 1.54) is 0 Å². The standard InChI is InChI=1S/C24H21ClN2O4/c1-2-30-22(28)15-31-21-13-6-4-11-19(21)23-26-20-12-5-3-10-18(20)24(29)27(23)17-9-7-8-16(25)14-17/h3-14,23,26H,2,15H2,1H3/t23-/m1/s1. The number of fused-ring (bicyclic) bond motifs is 1. The van der Waals surface area contributed by atoms with Crippen LogP contribution in [-0.2, 0) is 9.53 Å². The molecule has 1 atom stereocenters. The molecule has 7 heteroatoms. The van der Waals surface area contributed by atoms with E-state index in [4.69, 9.17) is 21.1 Å². The molecule has 0 bridgehead atoms. The topological polar surface area (TPSA) is 67.9 Å². The molecular weight excluding hydrogens is 416 g/mol. The van der Waals surface area contributed by atoms with Crippen molar-refractivity contribution < 1.29 is 19.1 Å². The summed E-state index contributed by atoms with van der Waals surface area (Å²) in [4.78, 5) is 26.9. The lowest BCUT2D eigenvalue weighted by atomic mass is 10.0. The van der Waals surface area contributed by atoms with E-state index in [-0.39, 0.29) is 19.1 Å². The predicted octanol–water partition coefficient (Wildman–Crippen LogP) is 5.05. The van der Waals surface area contributed by atoms with Crippen LogP contribution in [-0.4, -0.2) is 25.1 Å². The SMILES string of the molecule is CCOC(=O)COc1ccccc1[C@@H]1Nc2ccccc2C(=O)N1c1cccc(Cl)c1. The molecule has 0 spiro atoms. The fraction of sp³-hybridized carbons (Fsp3) is 0.167. The van der Waals surface area contributed by atoms with Gasteiger partial charge in [0.05, 0.1) is 12.2 Å². The molecule has 0 aromatic heterocycles. The number of carbonyl (C=O) groups excluding carboxylic acids is 2. The van der Waals surface area contributed by atoms with Crippen molar-refractivity contribution in [2.75, 3.05) is 23.4 Å². The lowest BCUT2D eigenvalue weighted by Crippen LogP contribution is -2.43. The molecule has 158 valence electrons. The second-order valence-corrected chi connectivity index (χ2v) is 7.32. The van der Waals surface area contributed by atoms with Crippen LogP contribution in [0.3, 0.4) is 0 Å². The number of anilines is 2. The highest BCUT2D eigenvalue weighted by Crippen LogP contribution is 2.40. The van der Waals surface area contributed by atoms with Gasteiger partial charge in [-0.1, -0.05) is 48.0 Å². The number of nitrogens with zero attached hydrogens (tertiary/aromatic N) is 1. The zero-order valence-corrected chi connectivity index (χ0v) is 17.6. The zero-order chi connectivity index (χ0) is 21.8. The number of halogens is 1. The summed E-state index contributed by atoms with van der Waals surface area (Å²) >= 11 is 6.22. The Kier molecular flexibility index (Phi) is 6.09. The number of esters is 1. The van der Waals surface area contributed by atoms with Crippen LogP contribution in [0, 0.1) is 0 Å². The molecule has 1 N–H and O–H groups in total. The minimum atomic E-state index is -0.570. The summed E-state index contributed by atoms with van der Waals surface area (Å²) in [7, 11) is 0. The number of ether oxygens (including phenoxy) is 2. The molecule has 0 saturated heterocycles. The van der Waals surface area contributed by atoms with Crippen molar-refractivity contribution in [2.45, 2.75) is 13.1 Å². The number of carbonyl (C=O) groups is 2. The van der Waals surface area contributed by atoms with Gasteiger partial charge in [-0.05, 0) is 43.3 Å². The normalized spacial score (nSPS) is 15.1. The lowest BCUT2D eigenvalue weighted by Gasteiger charge is -2.38. The maximum atomic E-state index is 13.5. The van der Waals surface area contributed by atoms with Crippen molar-refractivity contribution in [1.82, 2.24) is 0 Å². The zero-order valence-electron chi connectivity index (χ0n) is 16.9. The van der Waals surface area contributed by atoms with E-state index in [0.29, 0.717) is 27.6 Å². The van der Waals surface area contributed by atoms with E-state index in [0.717, 1.165) is 5.69 Å². The van der Waals surface area contributed by atoms with Gasteiger partial charge >= 0.3 is 5.97 Å². The summed E-state index contributed by atoms with van der Waals surface area (Å²) < 4.78 is 10.7. The van der Waals surface area contributed by atoms with Gasteiger partial charge in [0.2, 0.25) is 0 Å². The first-order valence-electron chi connectivity index (χ1n) is 9.90. The van der Waals surface area contributed by atoms with Crippen LogP contribution in [0.1, 0.15) is 29.0 Å². The summed E-state index contributed by atoms with van der Waals surface area (Å²) in [5.74, 6) is -0.142. The Morgan fingerprint density at radius 1 is 1.06 bits per heavy atom. The fourth-order valence-corrected chi connectivity index (χ4v) is 3.73. The van der Waals surface area contributed by atoms with Gasteiger partial charge in [-0.3, -0.25) is 9.69 Å². The number of rotatable bonds is 6. The molecule has 6 nitrogen and oxygen atoms in total. The van der Waals surface area contributed by atoms with Crippen LogP contribution in [0.4, 0.5) is 11.4 Å². The Labute approximate surface area is 185 Å². The van der Waals surface area contributed by atoms with Crippen molar-refractivity contribution >= 4 is 34.9 Å². The van der Waals surface area contributed by atoms with Crippen LogP contribution >= 0.6 is 11.6 Å². The molecular formula is C24H21ClN2O4. The quantitative estimate of drug-likeness (QED) is 0.547. The summed E-state index contributed by atoms with van der Waals surface area (Å²) in [6.45, 7) is 1.80. The minimum absolute atomic E-state index is 0.165. The second-order valence-electron chi connectivity index (χ2n) is 6.88. The lowest BCUT2D eigenvalue weighted by molar-refractivity contribution is -0.145. The van der Waals surface area contributed by atoms with Crippen molar-refractivity contribution in [3.05, 3.63) is 88.9 Å². The number of hydrogen-bond donors (Lipinski definition) is 1. The monoisotopic (exact) mass is 436 g/mol. The van der Waals surface area contributed by atoms with Gasteiger partial charge in [0.1, 0.15) is 11.9 Å². The predicted molar refractivity (Wildman–Crippen MR) is 120 cm³/mol.